The zero-order valence-electron chi connectivity index (χ0n) is 12.0. The molecule has 8 heteroatoms. The first-order valence-electron chi connectivity index (χ1n) is 6.02. The third kappa shape index (κ3) is 4.84. The van der Waals surface area contributed by atoms with Crippen LogP contribution in [-0.4, -0.2) is 48.6 Å². The van der Waals surface area contributed by atoms with Crippen LogP contribution in [0.25, 0.3) is 0 Å². The summed E-state index contributed by atoms with van der Waals surface area (Å²) < 4.78 is 10.1. The standard InChI is InChI=1S/C13H18N2O6/c1-13(19,11(16)17)7-14-12(18)15-8-4-9(20-2)6-10(5-8)21-3/h4-6,19H,7H2,1-3H3,(H,16,17)(H2,14,15,18). The number of nitrogens with one attached hydrogen (secondary N) is 2. The molecule has 0 saturated carbocycles. The van der Waals surface area contributed by atoms with Gasteiger partial charge >= 0.3 is 12.0 Å². The third-order valence-corrected chi connectivity index (χ3v) is 2.66. The van der Waals surface area contributed by atoms with Crippen molar-refractivity contribution in [3.8, 4) is 11.5 Å². The molecule has 21 heavy (non-hydrogen) atoms. The molecule has 1 rings (SSSR count). The van der Waals surface area contributed by atoms with Crippen LogP contribution >= 0.6 is 0 Å². The minimum Gasteiger partial charge on any atom is -0.497 e. The first-order chi connectivity index (χ1) is 9.78. The van der Waals surface area contributed by atoms with E-state index in [0.29, 0.717) is 17.2 Å². The Morgan fingerprint density at radius 3 is 2.14 bits per heavy atom. The molecule has 1 atom stereocenters. The van der Waals surface area contributed by atoms with Crippen LogP contribution in [0.3, 0.4) is 0 Å². The summed E-state index contributed by atoms with van der Waals surface area (Å²) in [6, 6.07) is 4.11. The molecule has 0 radical (unpaired) electrons. The zero-order chi connectivity index (χ0) is 16.0. The highest BCUT2D eigenvalue weighted by atomic mass is 16.5. The number of anilines is 1. The Morgan fingerprint density at radius 1 is 1.19 bits per heavy atom. The van der Waals surface area contributed by atoms with Gasteiger partial charge in [0.2, 0.25) is 0 Å². The number of ether oxygens (including phenoxy) is 2. The highest BCUT2D eigenvalue weighted by molar-refractivity contribution is 5.90. The molecule has 0 aliphatic carbocycles. The van der Waals surface area contributed by atoms with Gasteiger partial charge in [-0.3, -0.25) is 0 Å². The van der Waals surface area contributed by atoms with E-state index in [0.717, 1.165) is 6.92 Å². The Hall–Kier alpha value is -2.48. The summed E-state index contributed by atoms with van der Waals surface area (Å²) >= 11 is 0. The molecule has 0 aliphatic rings. The second kappa shape index (κ2) is 6.80. The van der Waals surface area contributed by atoms with Gasteiger partial charge in [0.1, 0.15) is 11.5 Å². The monoisotopic (exact) mass is 298 g/mol. The lowest BCUT2D eigenvalue weighted by atomic mass is 10.1. The highest BCUT2D eigenvalue weighted by Gasteiger charge is 2.30. The van der Waals surface area contributed by atoms with Gasteiger partial charge in [-0.1, -0.05) is 0 Å². The number of carboxylic acid groups (broad SMARTS) is 1. The number of carboxylic acids is 1. The van der Waals surface area contributed by atoms with Crippen molar-refractivity contribution in [3.63, 3.8) is 0 Å². The molecule has 116 valence electrons. The summed E-state index contributed by atoms with van der Waals surface area (Å²) in [4.78, 5) is 22.4. The van der Waals surface area contributed by atoms with E-state index in [-0.39, 0.29) is 0 Å². The van der Waals surface area contributed by atoms with Gasteiger partial charge in [-0.25, -0.2) is 9.59 Å². The predicted molar refractivity (Wildman–Crippen MR) is 74.8 cm³/mol. The Kier molecular flexibility index (Phi) is 5.37. The number of aliphatic carboxylic acids is 1. The molecule has 0 aromatic heterocycles. The SMILES string of the molecule is COc1cc(NC(=O)NCC(C)(O)C(=O)O)cc(OC)c1. The van der Waals surface area contributed by atoms with Gasteiger partial charge in [-0.15, -0.1) is 0 Å². The predicted octanol–water partition coefficient (Wildman–Crippen LogP) is 0.661. The van der Waals surface area contributed by atoms with Crippen molar-refractivity contribution in [1.29, 1.82) is 0 Å². The van der Waals surface area contributed by atoms with Gasteiger partial charge in [-0.2, -0.15) is 0 Å². The van der Waals surface area contributed by atoms with Crippen LogP contribution in [0, 0.1) is 0 Å². The third-order valence-electron chi connectivity index (χ3n) is 2.66. The molecular formula is C13H18N2O6. The summed E-state index contributed by atoms with van der Waals surface area (Å²) in [5.41, 5.74) is -1.64. The fourth-order valence-electron chi connectivity index (χ4n) is 1.38. The van der Waals surface area contributed by atoms with Gasteiger partial charge in [0.25, 0.3) is 0 Å². The topological polar surface area (TPSA) is 117 Å². The Bertz CT molecular complexity index is 507. The maximum Gasteiger partial charge on any atom is 0.337 e. The first kappa shape index (κ1) is 16.6. The number of urea groups is 1. The van der Waals surface area contributed by atoms with Gasteiger partial charge in [0.15, 0.2) is 5.60 Å². The number of aliphatic hydroxyl groups is 1. The van der Waals surface area contributed by atoms with Gasteiger partial charge in [0.05, 0.1) is 20.8 Å². The largest absolute Gasteiger partial charge is 0.497 e. The lowest BCUT2D eigenvalue weighted by Crippen LogP contribution is -2.47. The van der Waals surface area contributed by atoms with Crippen LogP contribution < -0.4 is 20.1 Å². The van der Waals surface area contributed by atoms with E-state index in [1.54, 1.807) is 18.2 Å². The minimum atomic E-state index is -2.04. The van der Waals surface area contributed by atoms with Crippen molar-refractivity contribution in [2.45, 2.75) is 12.5 Å². The molecule has 0 saturated heterocycles. The van der Waals surface area contributed by atoms with Crippen molar-refractivity contribution >= 4 is 17.7 Å². The van der Waals surface area contributed by atoms with E-state index in [1.165, 1.54) is 14.2 Å². The van der Waals surface area contributed by atoms with Crippen molar-refractivity contribution in [3.05, 3.63) is 18.2 Å². The van der Waals surface area contributed by atoms with Crippen molar-refractivity contribution < 1.29 is 29.3 Å². The molecule has 0 fully saturated rings. The van der Waals surface area contributed by atoms with E-state index in [4.69, 9.17) is 14.6 Å². The average Bonchev–Trinajstić information content (AvgIpc) is 2.44. The lowest BCUT2D eigenvalue weighted by molar-refractivity contribution is -0.155. The highest BCUT2D eigenvalue weighted by Crippen LogP contribution is 2.25. The molecule has 1 aromatic rings. The van der Waals surface area contributed by atoms with Gasteiger partial charge < -0.3 is 30.3 Å². The molecule has 0 aliphatic heterocycles. The Morgan fingerprint density at radius 2 is 1.71 bits per heavy atom. The molecule has 1 aromatic carbocycles. The van der Waals surface area contributed by atoms with Crippen molar-refractivity contribution in [1.82, 2.24) is 5.32 Å². The number of rotatable bonds is 6. The van der Waals surface area contributed by atoms with Crippen LogP contribution in [0.4, 0.5) is 10.5 Å². The van der Waals surface area contributed by atoms with Gasteiger partial charge in [-0.05, 0) is 6.92 Å². The smallest absolute Gasteiger partial charge is 0.337 e. The number of carbonyl (C=O) groups is 2. The summed E-state index contributed by atoms with van der Waals surface area (Å²) in [6.07, 6.45) is 0. The number of methoxy groups -OCH3 is 2. The molecule has 1 unspecified atom stereocenters. The fraction of sp³-hybridized carbons (Fsp3) is 0.385. The molecular weight excluding hydrogens is 280 g/mol. The van der Waals surface area contributed by atoms with Crippen LogP contribution in [0.2, 0.25) is 0 Å². The number of hydrogen-bond donors (Lipinski definition) is 4. The second-order valence-electron chi connectivity index (χ2n) is 4.49. The average molecular weight is 298 g/mol. The van der Waals surface area contributed by atoms with Crippen LogP contribution in [0.15, 0.2) is 18.2 Å². The first-order valence-corrected chi connectivity index (χ1v) is 6.02. The van der Waals surface area contributed by atoms with E-state index in [1.807, 2.05) is 0 Å². The number of hydrogen-bond acceptors (Lipinski definition) is 5. The normalized spacial score (nSPS) is 13.0. The molecule has 8 nitrogen and oxygen atoms in total. The summed E-state index contributed by atoms with van der Waals surface area (Å²) in [5, 5.41) is 23.0. The zero-order valence-corrected chi connectivity index (χ0v) is 12.0. The quantitative estimate of drug-likeness (QED) is 0.613. The molecule has 0 spiro atoms. The van der Waals surface area contributed by atoms with E-state index < -0.39 is 24.1 Å². The maximum atomic E-state index is 11.7. The van der Waals surface area contributed by atoms with Crippen LogP contribution in [0.1, 0.15) is 6.92 Å². The van der Waals surface area contributed by atoms with Crippen molar-refractivity contribution in [2.75, 3.05) is 26.1 Å². The minimum absolute atomic E-state index is 0.402. The van der Waals surface area contributed by atoms with Crippen LogP contribution in [-0.2, 0) is 4.79 Å². The second-order valence-corrected chi connectivity index (χ2v) is 4.49. The number of benzene rings is 1. The lowest BCUT2D eigenvalue weighted by Gasteiger charge is -2.18. The number of amides is 2. The molecule has 4 N–H and O–H groups in total. The van der Waals surface area contributed by atoms with E-state index in [2.05, 4.69) is 10.6 Å². The summed E-state index contributed by atoms with van der Waals surface area (Å²) in [6.45, 7) is 0.652. The Labute approximate surface area is 121 Å². The van der Waals surface area contributed by atoms with Crippen molar-refractivity contribution in [2.24, 2.45) is 0 Å². The maximum absolute atomic E-state index is 11.7. The fourth-order valence-corrected chi connectivity index (χ4v) is 1.38. The summed E-state index contributed by atoms with van der Waals surface area (Å²) in [7, 11) is 2.95. The Balaban J connectivity index is 2.69. The van der Waals surface area contributed by atoms with Crippen LogP contribution in [0.5, 0.6) is 11.5 Å². The van der Waals surface area contributed by atoms with Gasteiger partial charge in [0, 0.05) is 23.9 Å². The molecule has 2 amide bonds. The molecule has 0 bridgehead atoms. The summed E-state index contributed by atoms with van der Waals surface area (Å²) in [5.74, 6) is -0.449. The molecule has 0 heterocycles. The number of carbonyl (C=O) groups excluding carboxylic acids is 1. The van der Waals surface area contributed by atoms with E-state index in [9.17, 15) is 14.7 Å². The van der Waals surface area contributed by atoms with E-state index >= 15 is 0 Å².